The van der Waals surface area contributed by atoms with Crippen LogP contribution < -0.4 is 4.90 Å². The molecule has 0 saturated carbocycles. The summed E-state index contributed by atoms with van der Waals surface area (Å²) in [4.78, 5) is 18.8. The first-order valence-electron chi connectivity index (χ1n) is 11.2. The highest BCUT2D eigenvalue weighted by atomic mass is 16.4. The Labute approximate surface area is 184 Å². The Morgan fingerprint density at radius 3 is 2.45 bits per heavy atom. The lowest BCUT2D eigenvalue weighted by Gasteiger charge is -2.32. The maximum Gasteiger partial charge on any atom is 0.307 e. The molecule has 0 bridgehead atoms. The molecule has 1 aliphatic heterocycles. The van der Waals surface area contributed by atoms with Crippen molar-refractivity contribution in [2.75, 3.05) is 24.6 Å². The molecular weight excluding hydrogens is 396 g/mol. The minimum absolute atomic E-state index is 0.243. The van der Waals surface area contributed by atoms with E-state index in [1.165, 1.54) is 0 Å². The van der Waals surface area contributed by atoms with Gasteiger partial charge in [0.15, 0.2) is 5.82 Å². The van der Waals surface area contributed by atoms with Crippen LogP contribution in [-0.4, -0.2) is 61.5 Å². The Morgan fingerprint density at radius 2 is 1.97 bits per heavy atom. The first kappa shape index (κ1) is 24.7. The molecular formula is C22H36N6O3. The number of aromatic nitrogens is 5. The van der Waals surface area contributed by atoms with Crippen LogP contribution in [-0.2, 0) is 11.2 Å². The highest BCUT2D eigenvalue weighted by Crippen LogP contribution is 2.31. The van der Waals surface area contributed by atoms with Crippen molar-refractivity contribution in [1.29, 1.82) is 0 Å². The number of H-pyrrole nitrogens is 1. The van der Waals surface area contributed by atoms with Gasteiger partial charge in [0.05, 0.1) is 5.92 Å². The van der Waals surface area contributed by atoms with Crippen molar-refractivity contribution in [2.45, 2.75) is 59.3 Å². The van der Waals surface area contributed by atoms with Crippen LogP contribution in [0, 0.1) is 17.8 Å². The van der Waals surface area contributed by atoms with Gasteiger partial charge in [0.25, 0.3) is 0 Å². The van der Waals surface area contributed by atoms with Crippen LogP contribution in [0.25, 0.3) is 0 Å². The van der Waals surface area contributed by atoms with E-state index in [9.17, 15) is 15.0 Å². The molecule has 0 aromatic carbocycles. The molecule has 31 heavy (non-hydrogen) atoms. The zero-order chi connectivity index (χ0) is 22.8. The van der Waals surface area contributed by atoms with Gasteiger partial charge in [0, 0.05) is 31.8 Å². The lowest BCUT2D eigenvalue weighted by atomic mass is 9.81. The number of aliphatic carboxylic acids is 1. The number of aromatic amines is 1. The third kappa shape index (κ3) is 6.99. The zero-order valence-electron chi connectivity index (χ0n) is 19.0. The summed E-state index contributed by atoms with van der Waals surface area (Å²) in [6.45, 7) is 10.1. The van der Waals surface area contributed by atoms with Gasteiger partial charge in [-0.05, 0) is 49.1 Å². The molecule has 3 heterocycles. The topological polar surface area (TPSA) is 128 Å². The number of carboxylic acids is 1. The molecule has 3 N–H and O–H groups in total. The molecule has 0 spiro atoms. The zero-order valence-corrected chi connectivity index (χ0v) is 19.0. The van der Waals surface area contributed by atoms with Crippen molar-refractivity contribution in [3.05, 3.63) is 29.7 Å². The van der Waals surface area contributed by atoms with E-state index in [-0.39, 0.29) is 18.4 Å². The molecule has 1 aliphatic rings. The average Bonchev–Trinajstić information content (AvgIpc) is 3.32. The van der Waals surface area contributed by atoms with Crippen molar-refractivity contribution in [2.24, 2.45) is 17.8 Å². The van der Waals surface area contributed by atoms with Crippen LogP contribution >= 0.6 is 0 Å². The second kappa shape index (κ2) is 12.3. The van der Waals surface area contributed by atoms with Gasteiger partial charge in [-0.3, -0.25) is 4.79 Å². The first-order valence-corrected chi connectivity index (χ1v) is 11.2. The Balaban J connectivity index is 0.00000166. The van der Waals surface area contributed by atoms with E-state index in [1.54, 1.807) is 0 Å². The standard InChI is InChI=1S/C20H30N6O3.C2H6/c1-13(2)9-17(20(28)29)16(19-22-24-25-23-19)10-15-3-4-18(21-11-15)26-7-5-14(12-27)6-8-26;1-2/h3-4,11,13-14,16-17,27H,5-10,12H2,1-2H3,(H,28,29)(H,22,23,24,25);1-2H3/t16-,17-;/m0./s1. The van der Waals surface area contributed by atoms with Gasteiger partial charge in [0.1, 0.15) is 5.82 Å². The number of hydrogen-bond donors (Lipinski definition) is 3. The minimum Gasteiger partial charge on any atom is -0.481 e. The summed E-state index contributed by atoms with van der Waals surface area (Å²) in [5, 5.41) is 33.3. The summed E-state index contributed by atoms with van der Waals surface area (Å²) in [5.41, 5.74) is 0.948. The van der Waals surface area contributed by atoms with Gasteiger partial charge in [-0.2, -0.15) is 5.21 Å². The molecule has 9 nitrogen and oxygen atoms in total. The monoisotopic (exact) mass is 432 g/mol. The number of carbonyl (C=O) groups is 1. The molecule has 172 valence electrons. The summed E-state index contributed by atoms with van der Waals surface area (Å²) in [5.74, 6) is 0.158. The highest BCUT2D eigenvalue weighted by Gasteiger charge is 2.33. The number of hydrogen-bond acceptors (Lipinski definition) is 7. The number of aliphatic hydroxyl groups excluding tert-OH is 1. The van der Waals surface area contributed by atoms with E-state index in [0.717, 1.165) is 37.3 Å². The fourth-order valence-corrected chi connectivity index (χ4v) is 4.01. The molecule has 3 rings (SSSR count). The molecule has 1 saturated heterocycles. The van der Waals surface area contributed by atoms with Gasteiger partial charge in [-0.25, -0.2) is 4.98 Å². The molecule has 0 radical (unpaired) electrons. The molecule has 0 aliphatic carbocycles. The van der Waals surface area contributed by atoms with Crippen molar-refractivity contribution in [1.82, 2.24) is 25.6 Å². The van der Waals surface area contributed by atoms with E-state index in [4.69, 9.17) is 0 Å². The summed E-state index contributed by atoms with van der Waals surface area (Å²) >= 11 is 0. The van der Waals surface area contributed by atoms with Crippen molar-refractivity contribution in [3.63, 3.8) is 0 Å². The number of piperidine rings is 1. The van der Waals surface area contributed by atoms with Crippen molar-refractivity contribution < 1.29 is 15.0 Å². The number of nitrogens with one attached hydrogen (secondary N) is 1. The molecule has 1 fully saturated rings. The lowest BCUT2D eigenvalue weighted by Crippen LogP contribution is -2.35. The van der Waals surface area contributed by atoms with Gasteiger partial charge in [-0.15, -0.1) is 10.2 Å². The van der Waals surface area contributed by atoms with Crippen LogP contribution in [0.15, 0.2) is 18.3 Å². The number of pyridine rings is 1. The SMILES string of the molecule is CC.CC(C)C[C@H](C(=O)O)[C@H](Cc1ccc(N2CCC(CO)CC2)nc1)c1nn[nH]n1. The fraction of sp³-hybridized carbons (Fsp3) is 0.682. The number of anilines is 1. The van der Waals surface area contributed by atoms with Gasteiger partial charge in [0.2, 0.25) is 0 Å². The smallest absolute Gasteiger partial charge is 0.307 e. The summed E-state index contributed by atoms with van der Waals surface area (Å²) in [6, 6.07) is 3.99. The Morgan fingerprint density at radius 1 is 1.26 bits per heavy atom. The third-order valence-corrected chi connectivity index (χ3v) is 5.68. The summed E-state index contributed by atoms with van der Waals surface area (Å²) in [6.07, 6.45) is 4.78. The number of carboxylic acid groups (broad SMARTS) is 1. The molecule has 0 unspecified atom stereocenters. The number of nitrogens with zero attached hydrogens (tertiary/aromatic N) is 5. The molecule has 2 aromatic heterocycles. The maximum atomic E-state index is 11.9. The van der Waals surface area contributed by atoms with Crippen LogP contribution in [0.5, 0.6) is 0 Å². The average molecular weight is 433 g/mol. The fourth-order valence-electron chi connectivity index (χ4n) is 4.01. The second-order valence-corrected chi connectivity index (χ2v) is 8.29. The molecule has 0 amide bonds. The number of rotatable bonds is 9. The van der Waals surface area contributed by atoms with E-state index < -0.39 is 11.9 Å². The van der Waals surface area contributed by atoms with Crippen LogP contribution in [0.1, 0.15) is 64.3 Å². The predicted molar refractivity (Wildman–Crippen MR) is 119 cm³/mol. The maximum absolute atomic E-state index is 11.9. The van der Waals surface area contributed by atoms with Crippen molar-refractivity contribution >= 4 is 11.8 Å². The third-order valence-electron chi connectivity index (χ3n) is 5.68. The van der Waals surface area contributed by atoms with Crippen LogP contribution in [0.3, 0.4) is 0 Å². The van der Waals surface area contributed by atoms with E-state index in [2.05, 4.69) is 30.5 Å². The molecule has 2 atom stereocenters. The second-order valence-electron chi connectivity index (χ2n) is 8.29. The van der Waals surface area contributed by atoms with Gasteiger partial charge < -0.3 is 15.1 Å². The summed E-state index contributed by atoms with van der Waals surface area (Å²) < 4.78 is 0. The molecule has 9 heteroatoms. The van der Waals surface area contributed by atoms with Crippen LogP contribution in [0.4, 0.5) is 5.82 Å². The number of aliphatic hydroxyl groups is 1. The Kier molecular flexibility index (Phi) is 9.84. The largest absolute Gasteiger partial charge is 0.481 e. The van der Waals surface area contributed by atoms with Gasteiger partial charge in [-0.1, -0.05) is 39.0 Å². The Bertz CT molecular complexity index is 758. The normalized spacial score (nSPS) is 16.5. The minimum atomic E-state index is -0.843. The van der Waals surface area contributed by atoms with E-state index in [1.807, 2.05) is 46.0 Å². The van der Waals surface area contributed by atoms with Gasteiger partial charge >= 0.3 is 5.97 Å². The first-order chi connectivity index (χ1) is 15.0. The molecule has 2 aromatic rings. The van der Waals surface area contributed by atoms with E-state index in [0.29, 0.717) is 24.6 Å². The summed E-state index contributed by atoms with van der Waals surface area (Å²) in [7, 11) is 0. The number of tetrazole rings is 1. The Hall–Kier alpha value is -2.55. The van der Waals surface area contributed by atoms with Crippen molar-refractivity contribution in [3.8, 4) is 0 Å². The van der Waals surface area contributed by atoms with E-state index >= 15 is 0 Å². The predicted octanol–water partition coefficient (Wildman–Crippen LogP) is 2.90. The van der Waals surface area contributed by atoms with Crippen LogP contribution in [0.2, 0.25) is 0 Å². The highest BCUT2D eigenvalue weighted by molar-refractivity contribution is 5.71. The lowest BCUT2D eigenvalue weighted by molar-refractivity contribution is -0.143. The quantitative estimate of drug-likeness (QED) is 0.552.